The van der Waals surface area contributed by atoms with Gasteiger partial charge in [-0.2, -0.15) is 0 Å². The number of nitrogens with zero attached hydrogens (tertiary/aromatic N) is 1. The smallest absolute Gasteiger partial charge is 0.145 e. The van der Waals surface area contributed by atoms with E-state index in [-0.39, 0.29) is 11.9 Å². The Labute approximate surface area is 119 Å². The maximum atomic E-state index is 13.2. The zero-order valence-corrected chi connectivity index (χ0v) is 12.0. The van der Waals surface area contributed by atoms with E-state index in [2.05, 4.69) is 20.9 Å². The summed E-state index contributed by atoms with van der Waals surface area (Å²) in [4.78, 5) is 4.09. The Hall–Kier alpha value is -1.46. The summed E-state index contributed by atoms with van der Waals surface area (Å²) in [7, 11) is 0. The quantitative estimate of drug-likeness (QED) is 0.933. The Kier molecular flexibility index (Phi) is 4.50. The molecule has 5 heteroatoms. The molecular weight excluding hydrogens is 311 g/mol. The van der Waals surface area contributed by atoms with Gasteiger partial charge < -0.3 is 10.5 Å². The van der Waals surface area contributed by atoms with E-state index in [1.54, 1.807) is 18.5 Å². The highest BCUT2D eigenvalue weighted by molar-refractivity contribution is 9.10. The highest BCUT2D eigenvalue weighted by Crippen LogP contribution is 2.26. The topological polar surface area (TPSA) is 48.1 Å². The van der Waals surface area contributed by atoms with Crippen LogP contribution in [0.5, 0.6) is 11.5 Å². The van der Waals surface area contributed by atoms with Gasteiger partial charge in [-0.3, -0.25) is 4.98 Å². The first-order valence-electron chi connectivity index (χ1n) is 5.86. The fraction of sp³-hybridized carbons (Fsp3) is 0.214. The molecule has 19 heavy (non-hydrogen) atoms. The molecule has 0 aliphatic rings. The number of benzene rings is 1. The van der Waals surface area contributed by atoms with Gasteiger partial charge in [-0.15, -0.1) is 0 Å². The predicted molar refractivity (Wildman–Crippen MR) is 75.8 cm³/mol. The van der Waals surface area contributed by atoms with Crippen molar-refractivity contribution in [1.29, 1.82) is 0 Å². The molecular formula is C14H14BrFN2O. The van der Waals surface area contributed by atoms with Crippen LogP contribution < -0.4 is 10.5 Å². The van der Waals surface area contributed by atoms with Crippen LogP contribution in [0.2, 0.25) is 0 Å². The van der Waals surface area contributed by atoms with Crippen molar-refractivity contribution in [3.8, 4) is 11.5 Å². The lowest BCUT2D eigenvalue weighted by atomic mass is 10.1. The number of aromatic nitrogens is 1. The maximum Gasteiger partial charge on any atom is 0.145 e. The minimum absolute atomic E-state index is 0.0559. The Morgan fingerprint density at radius 3 is 2.74 bits per heavy atom. The molecule has 1 aromatic carbocycles. The lowest BCUT2D eigenvalue weighted by molar-refractivity contribution is 0.473. The van der Waals surface area contributed by atoms with Gasteiger partial charge in [0.2, 0.25) is 0 Å². The van der Waals surface area contributed by atoms with Gasteiger partial charge in [-0.25, -0.2) is 4.39 Å². The Morgan fingerprint density at radius 1 is 1.26 bits per heavy atom. The maximum absolute atomic E-state index is 13.2. The largest absolute Gasteiger partial charge is 0.456 e. The Morgan fingerprint density at radius 2 is 2.05 bits per heavy atom. The summed E-state index contributed by atoms with van der Waals surface area (Å²) in [5.74, 6) is 0.631. The van der Waals surface area contributed by atoms with Gasteiger partial charge in [0.15, 0.2) is 0 Å². The average molecular weight is 325 g/mol. The van der Waals surface area contributed by atoms with Crippen LogP contribution in [0, 0.1) is 5.82 Å². The van der Waals surface area contributed by atoms with Crippen molar-refractivity contribution in [2.45, 2.75) is 19.4 Å². The molecule has 0 radical (unpaired) electrons. The van der Waals surface area contributed by atoms with Crippen molar-refractivity contribution in [2.24, 2.45) is 5.73 Å². The molecule has 2 rings (SSSR count). The second kappa shape index (κ2) is 6.12. The van der Waals surface area contributed by atoms with Crippen LogP contribution in [0.4, 0.5) is 4.39 Å². The highest BCUT2D eigenvalue weighted by atomic mass is 79.9. The van der Waals surface area contributed by atoms with E-state index in [1.807, 2.05) is 13.0 Å². The summed E-state index contributed by atoms with van der Waals surface area (Å²) in [5.41, 5.74) is 6.73. The van der Waals surface area contributed by atoms with Crippen LogP contribution in [0.25, 0.3) is 0 Å². The third-order valence-corrected chi connectivity index (χ3v) is 2.86. The third kappa shape index (κ3) is 4.29. The van der Waals surface area contributed by atoms with Crippen molar-refractivity contribution in [3.63, 3.8) is 0 Å². The first-order chi connectivity index (χ1) is 9.02. The molecule has 1 aromatic heterocycles. The SMILES string of the molecule is CC(N)Cc1cncc(Oc2cc(F)cc(Br)c2)c1. The number of hydrogen-bond donors (Lipinski definition) is 1. The highest BCUT2D eigenvalue weighted by Gasteiger charge is 2.04. The third-order valence-electron chi connectivity index (χ3n) is 2.40. The van der Waals surface area contributed by atoms with Crippen LogP contribution in [0.15, 0.2) is 41.1 Å². The fourth-order valence-electron chi connectivity index (χ4n) is 1.73. The van der Waals surface area contributed by atoms with Crippen LogP contribution >= 0.6 is 15.9 Å². The van der Waals surface area contributed by atoms with Crippen molar-refractivity contribution < 1.29 is 9.13 Å². The summed E-state index contributed by atoms with van der Waals surface area (Å²) in [6.45, 7) is 1.93. The number of nitrogens with two attached hydrogens (primary N) is 1. The van der Waals surface area contributed by atoms with E-state index >= 15 is 0 Å². The molecule has 1 heterocycles. The molecule has 1 atom stereocenters. The number of hydrogen-bond acceptors (Lipinski definition) is 3. The summed E-state index contributed by atoms with van der Waals surface area (Å²) in [6.07, 6.45) is 4.05. The van der Waals surface area contributed by atoms with Crippen LogP contribution in [-0.2, 0) is 6.42 Å². The first-order valence-corrected chi connectivity index (χ1v) is 6.65. The van der Waals surface area contributed by atoms with Gasteiger partial charge in [0.25, 0.3) is 0 Å². The summed E-state index contributed by atoms with van der Waals surface area (Å²) < 4.78 is 19.5. The zero-order chi connectivity index (χ0) is 13.8. The molecule has 0 aliphatic carbocycles. The molecule has 0 amide bonds. The van der Waals surface area contributed by atoms with Crippen molar-refractivity contribution in [3.05, 3.63) is 52.5 Å². The molecule has 2 N–H and O–H groups in total. The molecule has 0 saturated carbocycles. The van der Waals surface area contributed by atoms with Crippen LogP contribution in [-0.4, -0.2) is 11.0 Å². The van der Waals surface area contributed by atoms with E-state index in [4.69, 9.17) is 10.5 Å². The summed E-state index contributed by atoms with van der Waals surface area (Å²) in [6, 6.07) is 6.30. The molecule has 0 spiro atoms. The molecule has 2 aromatic rings. The van der Waals surface area contributed by atoms with E-state index in [9.17, 15) is 4.39 Å². The molecule has 0 bridgehead atoms. The molecule has 100 valence electrons. The van der Waals surface area contributed by atoms with Crippen LogP contribution in [0.1, 0.15) is 12.5 Å². The van der Waals surface area contributed by atoms with Gasteiger partial charge in [0.05, 0.1) is 6.20 Å². The molecule has 3 nitrogen and oxygen atoms in total. The first kappa shape index (κ1) is 14.0. The lowest BCUT2D eigenvalue weighted by Crippen LogP contribution is -2.17. The van der Waals surface area contributed by atoms with E-state index in [1.165, 1.54) is 12.1 Å². The summed E-state index contributed by atoms with van der Waals surface area (Å²) in [5, 5.41) is 0. The number of ether oxygens (including phenoxy) is 1. The van der Waals surface area contributed by atoms with Gasteiger partial charge in [0, 0.05) is 22.8 Å². The van der Waals surface area contributed by atoms with Gasteiger partial charge in [-0.05, 0) is 37.1 Å². The molecule has 0 fully saturated rings. The Bertz CT molecular complexity index is 555. The van der Waals surface area contributed by atoms with Crippen LogP contribution in [0.3, 0.4) is 0 Å². The number of halogens is 2. The monoisotopic (exact) mass is 324 g/mol. The Balaban J connectivity index is 2.18. The van der Waals surface area contributed by atoms with Gasteiger partial charge in [-0.1, -0.05) is 15.9 Å². The van der Waals surface area contributed by atoms with Gasteiger partial charge in [0.1, 0.15) is 17.3 Å². The summed E-state index contributed by atoms with van der Waals surface area (Å²) >= 11 is 3.22. The van der Waals surface area contributed by atoms with Gasteiger partial charge >= 0.3 is 0 Å². The number of pyridine rings is 1. The van der Waals surface area contributed by atoms with E-state index < -0.39 is 0 Å². The fourth-order valence-corrected chi connectivity index (χ4v) is 2.17. The normalized spacial score (nSPS) is 12.2. The minimum atomic E-state index is -0.357. The van der Waals surface area contributed by atoms with Crippen molar-refractivity contribution >= 4 is 15.9 Å². The average Bonchev–Trinajstić information content (AvgIpc) is 2.26. The second-order valence-corrected chi connectivity index (χ2v) is 5.33. The lowest BCUT2D eigenvalue weighted by Gasteiger charge is -2.09. The zero-order valence-electron chi connectivity index (χ0n) is 10.4. The van der Waals surface area contributed by atoms with Crippen molar-refractivity contribution in [2.75, 3.05) is 0 Å². The standard InChI is InChI=1S/C14H14BrFN2O/c1-9(17)2-10-3-14(8-18-7-10)19-13-5-11(15)4-12(16)6-13/h3-9H,2,17H2,1H3. The predicted octanol–water partition coefficient (Wildman–Crippen LogP) is 3.67. The molecule has 0 saturated heterocycles. The number of rotatable bonds is 4. The molecule has 1 unspecified atom stereocenters. The van der Waals surface area contributed by atoms with Crippen molar-refractivity contribution in [1.82, 2.24) is 4.98 Å². The van der Waals surface area contributed by atoms with E-state index in [0.717, 1.165) is 12.0 Å². The second-order valence-electron chi connectivity index (χ2n) is 4.42. The minimum Gasteiger partial charge on any atom is -0.456 e. The van der Waals surface area contributed by atoms with E-state index in [0.29, 0.717) is 16.0 Å². The molecule has 0 aliphatic heterocycles.